The SMILES string of the molecule is CC(O)CC1COCCN1c1nc(CN2CCOCC2)nc2sc3c(c12)CCCC3. The first kappa shape index (κ1) is 20.6. The lowest BCUT2D eigenvalue weighted by atomic mass is 9.96. The molecule has 1 N–H and O–H groups in total. The highest BCUT2D eigenvalue weighted by Crippen LogP contribution is 2.40. The van der Waals surface area contributed by atoms with E-state index in [-0.39, 0.29) is 12.1 Å². The zero-order valence-electron chi connectivity index (χ0n) is 17.8. The molecule has 2 unspecified atom stereocenters. The maximum absolute atomic E-state index is 10.1. The molecule has 2 aromatic rings. The van der Waals surface area contributed by atoms with Gasteiger partial charge < -0.3 is 19.5 Å². The second-order valence-corrected chi connectivity index (χ2v) is 9.83. The lowest BCUT2D eigenvalue weighted by Crippen LogP contribution is -2.47. The number of aliphatic hydroxyl groups is 1. The molecule has 7 nitrogen and oxygen atoms in total. The molecule has 2 aromatic heterocycles. The standard InChI is InChI=1S/C22H32N4O3S/c1-15(27)12-16-14-29-11-8-26(16)21-20-17-4-2-3-5-18(17)30-22(20)24-19(23-21)13-25-6-9-28-10-7-25/h15-16,27H,2-14H2,1H3. The van der Waals surface area contributed by atoms with Crippen LogP contribution in [0.3, 0.4) is 0 Å². The molecule has 0 radical (unpaired) electrons. The summed E-state index contributed by atoms with van der Waals surface area (Å²) < 4.78 is 11.3. The average molecular weight is 433 g/mol. The zero-order valence-corrected chi connectivity index (χ0v) is 18.6. The molecule has 5 rings (SSSR count). The lowest BCUT2D eigenvalue weighted by molar-refractivity contribution is 0.0331. The van der Waals surface area contributed by atoms with Gasteiger partial charge in [-0.25, -0.2) is 9.97 Å². The number of nitrogens with zero attached hydrogens (tertiary/aromatic N) is 4. The second kappa shape index (κ2) is 9.04. The monoisotopic (exact) mass is 432 g/mol. The van der Waals surface area contributed by atoms with Gasteiger partial charge in [0.05, 0.1) is 50.5 Å². The van der Waals surface area contributed by atoms with E-state index in [0.717, 1.165) is 68.7 Å². The molecule has 0 bridgehead atoms. The fourth-order valence-corrected chi connectivity index (χ4v) is 6.22. The molecule has 30 heavy (non-hydrogen) atoms. The van der Waals surface area contributed by atoms with E-state index in [4.69, 9.17) is 19.4 Å². The van der Waals surface area contributed by atoms with Crippen LogP contribution in [0.25, 0.3) is 10.2 Å². The number of ether oxygens (including phenoxy) is 2. The van der Waals surface area contributed by atoms with Gasteiger partial charge in [-0.15, -0.1) is 11.3 Å². The number of anilines is 1. The maximum atomic E-state index is 10.1. The van der Waals surface area contributed by atoms with E-state index in [1.807, 2.05) is 18.3 Å². The van der Waals surface area contributed by atoms with Crippen molar-refractivity contribution in [1.82, 2.24) is 14.9 Å². The number of fused-ring (bicyclic) bond motifs is 3. The minimum absolute atomic E-state index is 0.146. The van der Waals surface area contributed by atoms with Crippen LogP contribution < -0.4 is 4.90 Å². The number of thiophene rings is 1. The van der Waals surface area contributed by atoms with Gasteiger partial charge in [-0.1, -0.05) is 0 Å². The van der Waals surface area contributed by atoms with Crippen LogP contribution in [-0.4, -0.2) is 78.2 Å². The summed E-state index contributed by atoms with van der Waals surface area (Å²) in [7, 11) is 0. The van der Waals surface area contributed by atoms with E-state index in [2.05, 4.69) is 9.80 Å². The molecule has 0 aromatic carbocycles. The number of aryl methyl sites for hydroxylation is 2. The van der Waals surface area contributed by atoms with Gasteiger partial charge in [0.1, 0.15) is 16.5 Å². The minimum atomic E-state index is -0.360. The van der Waals surface area contributed by atoms with Crippen LogP contribution in [0.5, 0.6) is 0 Å². The number of hydrogen-bond donors (Lipinski definition) is 1. The van der Waals surface area contributed by atoms with Crippen molar-refractivity contribution in [1.29, 1.82) is 0 Å². The molecule has 2 aliphatic heterocycles. The van der Waals surface area contributed by atoms with Crippen LogP contribution in [0, 0.1) is 0 Å². The summed E-state index contributed by atoms with van der Waals surface area (Å²) in [5, 5.41) is 11.3. The number of rotatable bonds is 5. The Morgan fingerprint density at radius 2 is 1.90 bits per heavy atom. The van der Waals surface area contributed by atoms with Crippen LogP contribution in [0.1, 0.15) is 42.5 Å². The molecule has 2 saturated heterocycles. The molecule has 2 atom stereocenters. The molecular weight excluding hydrogens is 400 g/mol. The number of hydrogen-bond acceptors (Lipinski definition) is 8. The Morgan fingerprint density at radius 3 is 2.73 bits per heavy atom. The minimum Gasteiger partial charge on any atom is -0.393 e. The fourth-order valence-electron chi connectivity index (χ4n) is 4.94. The summed E-state index contributed by atoms with van der Waals surface area (Å²) in [6.45, 7) is 8.20. The van der Waals surface area contributed by atoms with Crippen molar-refractivity contribution >= 4 is 27.4 Å². The largest absolute Gasteiger partial charge is 0.393 e. The first-order chi connectivity index (χ1) is 14.7. The van der Waals surface area contributed by atoms with Crippen molar-refractivity contribution in [2.45, 2.75) is 57.7 Å². The van der Waals surface area contributed by atoms with Gasteiger partial charge in [0.25, 0.3) is 0 Å². The van der Waals surface area contributed by atoms with Crippen LogP contribution in [0.15, 0.2) is 0 Å². The van der Waals surface area contributed by atoms with Gasteiger partial charge in [-0.05, 0) is 44.6 Å². The third-order valence-corrected chi connectivity index (χ3v) is 7.61. The molecule has 0 amide bonds. The molecular formula is C22H32N4O3S. The van der Waals surface area contributed by atoms with E-state index in [1.54, 1.807) is 0 Å². The molecule has 1 aliphatic carbocycles. The molecule has 0 spiro atoms. The molecule has 164 valence electrons. The Hall–Kier alpha value is -1.32. The van der Waals surface area contributed by atoms with E-state index in [9.17, 15) is 5.11 Å². The van der Waals surface area contributed by atoms with Crippen molar-refractivity contribution in [3.63, 3.8) is 0 Å². The van der Waals surface area contributed by atoms with E-state index >= 15 is 0 Å². The third-order valence-electron chi connectivity index (χ3n) is 6.42. The van der Waals surface area contributed by atoms with Crippen molar-refractivity contribution in [2.75, 3.05) is 51.0 Å². The molecule has 8 heteroatoms. The first-order valence-corrected chi connectivity index (χ1v) is 12.1. The Bertz CT molecular complexity index is 881. The Labute approximate surface area is 182 Å². The number of aromatic nitrogens is 2. The summed E-state index contributed by atoms with van der Waals surface area (Å²) in [5.74, 6) is 1.97. The molecule has 0 saturated carbocycles. The highest BCUT2D eigenvalue weighted by Gasteiger charge is 2.30. The summed E-state index contributed by atoms with van der Waals surface area (Å²) in [6.07, 6.45) is 5.13. The first-order valence-electron chi connectivity index (χ1n) is 11.3. The second-order valence-electron chi connectivity index (χ2n) is 8.75. The molecule has 3 aliphatic rings. The zero-order chi connectivity index (χ0) is 20.5. The summed E-state index contributed by atoms with van der Waals surface area (Å²) >= 11 is 1.87. The summed E-state index contributed by atoms with van der Waals surface area (Å²) in [4.78, 5) is 17.6. The average Bonchev–Trinajstić information content (AvgIpc) is 3.12. The quantitative estimate of drug-likeness (QED) is 0.778. The molecule has 4 heterocycles. The smallest absolute Gasteiger partial charge is 0.146 e. The Balaban J connectivity index is 1.57. The predicted octanol–water partition coefficient (Wildman–Crippen LogP) is 2.38. The van der Waals surface area contributed by atoms with Crippen molar-refractivity contribution in [2.24, 2.45) is 0 Å². The number of morpholine rings is 2. The van der Waals surface area contributed by atoms with Crippen LogP contribution in [0.4, 0.5) is 5.82 Å². The van der Waals surface area contributed by atoms with Crippen LogP contribution in [0.2, 0.25) is 0 Å². The topological polar surface area (TPSA) is 71.0 Å². The summed E-state index contributed by atoms with van der Waals surface area (Å²) in [6, 6.07) is 0.146. The van der Waals surface area contributed by atoms with E-state index < -0.39 is 0 Å². The van der Waals surface area contributed by atoms with Crippen LogP contribution in [-0.2, 0) is 28.9 Å². The van der Waals surface area contributed by atoms with Crippen molar-refractivity contribution in [3.8, 4) is 0 Å². The molecule has 2 fully saturated rings. The van der Waals surface area contributed by atoms with Gasteiger partial charge in [0, 0.05) is 24.5 Å². The maximum Gasteiger partial charge on any atom is 0.146 e. The van der Waals surface area contributed by atoms with Crippen LogP contribution >= 0.6 is 11.3 Å². The fraction of sp³-hybridized carbons (Fsp3) is 0.727. The predicted molar refractivity (Wildman–Crippen MR) is 118 cm³/mol. The lowest BCUT2D eigenvalue weighted by Gasteiger charge is -2.38. The van der Waals surface area contributed by atoms with E-state index in [0.29, 0.717) is 19.6 Å². The highest BCUT2D eigenvalue weighted by atomic mass is 32.1. The van der Waals surface area contributed by atoms with Gasteiger partial charge in [0.15, 0.2) is 0 Å². The van der Waals surface area contributed by atoms with Crippen molar-refractivity contribution in [3.05, 3.63) is 16.3 Å². The van der Waals surface area contributed by atoms with Gasteiger partial charge >= 0.3 is 0 Å². The summed E-state index contributed by atoms with van der Waals surface area (Å²) in [5.41, 5.74) is 1.47. The van der Waals surface area contributed by atoms with Gasteiger partial charge in [-0.3, -0.25) is 4.90 Å². The van der Waals surface area contributed by atoms with Gasteiger partial charge in [-0.2, -0.15) is 0 Å². The number of aliphatic hydroxyl groups excluding tert-OH is 1. The Morgan fingerprint density at radius 1 is 1.10 bits per heavy atom. The highest BCUT2D eigenvalue weighted by molar-refractivity contribution is 7.19. The normalized spacial score (nSPS) is 24.2. The Kier molecular flexibility index (Phi) is 6.20. The third kappa shape index (κ3) is 4.21. The van der Waals surface area contributed by atoms with Gasteiger partial charge in [0.2, 0.25) is 0 Å². The van der Waals surface area contributed by atoms with Crippen molar-refractivity contribution < 1.29 is 14.6 Å². The van der Waals surface area contributed by atoms with E-state index in [1.165, 1.54) is 28.7 Å².